The fourth-order valence-corrected chi connectivity index (χ4v) is 4.52. The highest BCUT2D eigenvalue weighted by Crippen LogP contribution is 2.44. The smallest absolute Gasteiger partial charge is 0.158 e. The highest BCUT2D eigenvalue weighted by atomic mass is 32.2. The van der Waals surface area contributed by atoms with E-state index in [1.165, 1.54) is 27.1 Å². The van der Waals surface area contributed by atoms with Crippen LogP contribution in [0.3, 0.4) is 0 Å². The number of aromatic nitrogens is 3. The molecular formula is C21H17N3OS. The summed E-state index contributed by atoms with van der Waals surface area (Å²) in [6, 6.07) is 16.7. The number of thioether (sulfide) groups is 1. The Hall–Kier alpha value is -2.79. The second kappa shape index (κ2) is 6.18. The Morgan fingerprint density at radius 2 is 1.92 bits per heavy atom. The number of methoxy groups -OCH3 is 1. The lowest BCUT2D eigenvalue weighted by Crippen LogP contribution is -2.03. The first-order valence-corrected chi connectivity index (χ1v) is 9.50. The lowest BCUT2D eigenvalue weighted by Gasteiger charge is -2.19. The van der Waals surface area contributed by atoms with Crippen LogP contribution < -0.4 is 4.74 Å². The van der Waals surface area contributed by atoms with Gasteiger partial charge in [0.05, 0.1) is 19.9 Å². The summed E-state index contributed by atoms with van der Waals surface area (Å²) in [6.07, 6.45) is 3.94. The summed E-state index contributed by atoms with van der Waals surface area (Å²) in [7, 11) is 1.68. The van der Waals surface area contributed by atoms with Gasteiger partial charge in [-0.2, -0.15) is 5.10 Å². The van der Waals surface area contributed by atoms with Gasteiger partial charge in [-0.1, -0.05) is 36.4 Å². The maximum absolute atomic E-state index is 5.23. The normalized spacial score (nSPS) is 12.7. The van der Waals surface area contributed by atoms with Crippen molar-refractivity contribution in [3.8, 4) is 16.9 Å². The standard InChI is InChI=1S/C21H17N3OS/c1-25-16-8-6-14(7-9-16)12-24-21-18(10-23-24)20-17-5-3-2-4-15(17)13-26-19(20)11-22-21/h2-11H,12-13H2,1H3. The van der Waals surface area contributed by atoms with Crippen LogP contribution in [0.15, 0.2) is 65.8 Å². The minimum atomic E-state index is 0.689. The first kappa shape index (κ1) is 15.5. The van der Waals surface area contributed by atoms with E-state index in [4.69, 9.17) is 9.72 Å². The van der Waals surface area contributed by atoms with Crippen molar-refractivity contribution in [2.24, 2.45) is 0 Å². The molecule has 26 heavy (non-hydrogen) atoms. The van der Waals surface area contributed by atoms with Gasteiger partial charge in [0, 0.05) is 27.8 Å². The zero-order chi connectivity index (χ0) is 17.5. The van der Waals surface area contributed by atoms with Crippen molar-refractivity contribution in [2.75, 3.05) is 7.11 Å². The molecule has 0 amide bonds. The van der Waals surface area contributed by atoms with E-state index < -0.39 is 0 Å². The van der Waals surface area contributed by atoms with E-state index in [0.717, 1.165) is 22.5 Å². The van der Waals surface area contributed by atoms with Crippen molar-refractivity contribution >= 4 is 22.8 Å². The maximum Gasteiger partial charge on any atom is 0.158 e. The first-order valence-electron chi connectivity index (χ1n) is 8.52. The Morgan fingerprint density at radius 1 is 1.08 bits per heavy atom. The van der Waals surface area contributed by atoms with Gasteiger partial charge in [-0.05, 0) is 28.8 Å². The van der Waals surface area contributed by atoms with Gasteiger partial charge in [-0.25, -0.2) is 9.67 Å². The predicted molar refractivity (Wildman–Crippen MR) is 105 cm³/mol. The highest BCUT2D eigenvalue weighted by molar-refractivity contribution is 7.98. The monoisotopic (exact) mass is 359 g/mol. The summed E-state index contributed by atoms with van der Waals surface area (Å²) in [5.41, 5.74) is 6.04. The minimum Gasteiger partial charge on any atom is -0.497 e. The molecule has 5 rings (SSSR count). The van der Waals surface area contributed by atoms with Crippen molar-refractivity contribution < 1.29 is 4.74 Å². The zero-order valence-electron chi connectivity index (χ0n) is 14.3. The molecule has 4 aromatic rings. The summed E-state index contributed by atoms with van der Waals surface area (Å²) in [6.45, 7) is 0.689. The topological polar surface area (TPSA) is 39.9 Å². The fraction of sp³-hybridized carbons (Fsp3) is 0.143. The molecule has 0 saturated heterocycles. The van der Waals surface area contributed by atoms with E-state index in [9.17, 15) is 0 Å². The molecule has 0 spiro atoms. The van der Waals surface area contributed by atoms with Crippen molar-refractivity contribution in [2.45, 2.75) is 17.2 Å². The molecule has 0 N–H and O–H groups in total. The Kier molecular flexibility index (Phi) is 3.68. The summed E-state index contributed by atoms with van der Waals surface area (Å²) in [5.74, 6) is 1.86. The number of ether oxygens (including phenoxy) is 1. The Bertz CT molecular complexity index is 1100. The van der Waals surface area contributed by atoms with Crippen molar-refractivity contribution in [3.63, 3.8) is 0 Å². The quantitative estimate of drug-likeness (QED) is 0.529. The third-order valence-corrected chi connectivity index (χ3v) is 5.87. The van der Waals surface area contributed by atoms with Gasteiger partial charge >= 0.3 is 0 Å². The van der Waals surface area contributed by atoms with Crippen LogP contribution in [0.1, 0.15) is 11.1 Å². The van der Waals surface area contributed by atoms with E-state index in [1.807, 2.05) is 41.0 Å². The van der Waals surface area contributed by atoms with E-state index in [1.54, 1.807) is 7.11 Å². The fourth-order valence-electron chi connectivity index (χ4n) is 3.46. The molecule has 0 aliphatic carbocycles. The number of rotatable bonds is 3. The van der Waals surface area contributed by atoms with Crippen LogP contribution in [0.25, 0.3) is 22.2 Å². The van der Waals surface area contributed by atoms with Crippen molar-refractivity contribution in [1.29, 1.82) is 0 Å². The van der Waals surface area contributed by atoms with Gasteiger partial charge in [0.1, 0.15) is 5.75 Å². The average molecular weight is 359 g/mol. The third kappa shape index (κ3) is 2.47. The van der Waals surface area contributed by atoms with Crippen LogP contribution in [0.4, 0.5) is 0 Å². The minimum absolute atomic E-state index is 0.689. The molecule has 1 aliphatic rings. The summed E-state index contributed by atoms with van der Waals surface area (Å²) >= 11 is 1.85. The largest absolute Gasteiger partial charge is 0.497 e. The van der Waals surface area contributed by atoms with E-state index >= 15 is 0 Å². The average Bonchev–Trinajstić information content (AvgIpc) is 3.11. The van der Waals surface area contributed by atoms with Gasteiger partial charge < -0.3 is 4.74 Å². The zero-order valence-corrected chi connectivity index (χ0v) is 15.2. The van der Waals surface area contributed by atoms with E-state index in [-0.39, 0.29) is 0 Å². The van der Waals surface area contributed by atoms with Crippen LogP contribution in [-0.4, -0.2) is 21.9 Å². The molecular weight excluding hydrogens is 342 g/mol. The van der Waals surface area contributed by atoms with Gasteiger partial charge in [0.15, 0.2) is 5.65 Å². The summed E-state index contributed by atoms with van der Waals surface area (Å²) in [5, 5.41) is 5.75. The summed E-state index contributed by atoms with van der Waals surface area (Å²) < 4.78 is 7.20. The molecule has 3 heterocycles. The maximum atomic E-state index is 5.23. The van der Waals surface area contributed by atoms with Gasteiger partial charge in [0.25, 0.3) is 0 Å². The highest BCUT2D eigenvalue weighted by Gasteiger charge is 2.21. The molecule has 1 aliphatic heterocycles. The molecule has 0 atom stereocenters. The van der Waals surface area contributed by atoms with Crippen molar-refractivity contribution in [1.82, 2.24) is 14.8 Å². The van der Waals surface area contributed by atoms with E-state index in [0.29, 0.717) is 6.54 Å². The van der Waals surface area contributed by atoms with Gasteiger partial charge in [-0.15, -0.1) is 11.8 Å². The second-order valence-corrected chi connectivity index (χ2v) is 7.35. The third-order valence-electron chi connectivity index (χ3n) is 4.79. The number of hydrogen-bond acceptors (Lipinski definition) is 4. The van der Waals surface area contributed by atoms with Crippen LogP contribution in [0.5, 0.6) is 5.75 Å². The van der Waals surface area contributed by atoms with Crippen LogP contribution in [0.2, 0.25) is 0 Å². The Labute approximate surface area is 155 Å². The molecule has 0 saturated carbocycles. The van der Waals surface area contributed by atoms with Crippen LogP contribution >= 0.6 is 11.8 Å². The predicted octanol–water partition coefficient (Wildman–Crippen LogP) is 4.76. The molecule has 128 valence electrons. The number of hydrogen-bond donors (Lipinski definition) is 0. The molecule has 2 aromatic heterocycles. The van der Waals surface area contributed by atoms with Crippen LogP contribution in [0, 0.1) is 0 Å². The molecule has 0 unspecified atom stereocenters. The second-order valence-electron chi connectivity index (χ2n) is 6.33. The molecule has 0 fully saturated rings. The molecule has 2 aromatic carbocycles. The number of pyridine rings is 1. The van der Waals surface area contributed by atoms with Gasteiger partial charge in [-0.3, -0.25) is 0 Å². The lowest BCUT2D eigenvalue weighted by molar-refractivity contribution is 0.414. The molecule has 4 nitrogen and oxygen atoms in total. The Morgan fingerprint density at radius 3 is 2.77 bits per heavy atom. The molecule has 0 radical (unpaired) electrons. The SMILES string of the molecule is COc1ccc(Cn2ncc3c4c(cnc32)SCc2ccccc2-4)cc1. The lowest BCUT2D eigenvalue weighted by atomic mass is 9.99. The summed E-state index contributed by atoms with van der Waals surface area (Å²) in [4.78, 5) is 5.95. The molecule has 5 heteroatoms. The van der Waals surface area contributed by atoms with Crippen LogP contribution in [-0.2, 0) is 12.3 Å². The first-order chi connectivity index (χ1) is 12.8. The molecule has 0 bridgehead atoms. The number of nitrogens with zero attached hydrogens (tertiary/aromatic N) is 3. The van der Waals surface area contributed by atoms with E-state index in [2.05, 4.69) is 41.5 Å². The van der Waals surface area contributed by atoms with Gasteiger partial charge in [0.2, 0.25) is 0 Å². The number of benzene rings is 2. The number of fused-ring (bicyclic) bond motifs is 5. The Balaban J connectivity index is 1.60. The van der Waals surface area contributed by atoms with Crippen molar-refractivity contribution in [3.05, 3.63) is 72.1 Å².